The van der Waals surface area contributed by atoms with E-state index < -0.39 is 11.9 Å². The maximum absolute atomic E-state index is 12.5. The van der Waals surface area contributed by atoms with Gasteiger partial charge in [0.25, 0.3) is 5.91 Å². The number of halogens is 1. The zero-order valence-corrected chi connectivity index (χ0v) is 13.4. The Morgan fingerprint density at radius 1 is 1.41 bits per heavy atom. The van der Waals surface area contributed by atoms with Crippen LogP contribution in [0.3, 0.4) is 0 Å². The number of carbonyl (C=O) groups is 2. The molecule has 1 unspecified atom stereocenters. The van der Waals surface area contributed by atoms with Crippen molar-refractivity contribution in [3.8, 4) is 5.75 Å². The van der Waals surface area contributed by atoms with Crippen LogP contribution in [-0.2, 0) is 9.59 Å². The second-order valence-electron chi connectivity index (χ2n) is 5.23. The zero-order valence-electron chi connectivity index (χ0n) is 11.8. The van der Waals surface area contributed by atoms with E-state index in [4.69, 9.17) is 16.7 Å². The molecule has 1 amide bonds. The number of nitrogens with zero attached hydrogens (tertiary/aromatic N) is 1. The summed E-state index contributed by atoms with van der Waals surface area (Å²) in [5, 5.41) is 19.0. The molecule has 1 aliphatic heterocycles. The van der Waals surface area contributed by atoms with E-state index in [1.54, 1.807) is 0 Å². The van der Waals surface area contributed by atoms with E-state index in [0.717, 1.165) is 0 Å². The van der Waals surface area contributed by atoms with Gasteiger partial charge in [-0.25, -0.2) is 0 Å². The minimum Gasteiger partial charge on any atom is -0.507 e. The van der Waals surface area contributed by atoms with E-state index in [1.165, 1.54) is 17.0 Å². The molecule has 1 saturated heterocycles. The quantitative estimate of drug-likeness (QED) is 0.583. The number of benzene rings is 1. The number of carboxylic acids is 1. The van der Waals surface area contributed by atoms with Gasteiger partial charge in [-0.05, 0) is 25.0 Å². The van der Waals surface area contributed by atoms with E-state index in [1.807, 2.05) is 0 Å². The van der Waals surface area contributed by atoms with Gasteiger partial charge in [0, 0.05) is 34.1 Å². The number of likely N-dealkylation sites (tertiary alicyclic amines) is 1. The largest absolute Gasteiger partial charge is 0.507 e. The Labute approximate surface area is 138 Å². The Kier molecular flexibility index (Phi) is 5.03. The van der Waals surface area contributed by atoms with E-state index in [9.17, 15) is 14.7 Å². The molecule has 1 aromatic carbocycles. The molecule has 22 heavy (non-hydrogen) atoms. The fourth-order valence-electron chi connectivity index (χ4n) is 2.45. The van der Waals surface area contributed by atoms with Gasteiger partial charge in [-0.2, -0.15) is 0 Å². The van der Waals surface area contributed by atoms with E-state index in [2.05, 4.69) is 19.2 Å². The molecule has 1 aliphatic rings. The average molecular weight is 342 g/mol. The van der Waals surface area contributed by atoms with E-state index in [0.29, 0.717) is 29.8 Å². The Bertz CT molecular complexity index is 647. The SMILES string of the molecule is C=C(C(=O)N1CCCC(C(=O)O)C1)c1cc(O)c(S)cc1Cl. The highest BCUT2D eigenvalue weighted by atomic mass is 35.5. The van der Waals surface area contributed by atoms with E-state index in [-0.39, 0.29) is 28.8 Å². The first kappa shape index (κ1) is 16.7. The standard InChI is InChI=1S/C15H16ClNO4S/c1-8(10-5-12(18)13(22)6-11(10)16)14(19)17-4-2-3-9(7-17)15(20)21/h5-6,9,18,22H,1-4,7H2,(H,20,21). The molecule has 7 heteroatoms. The number of aliphatic carboxylic acids is 1. The van der Waals surface area contributed by atoms with Gasteiger partial charge in [0.05, 0.1) is 5.92 Å². The lowest BCUT2D eigenvalue weighted by atomic mass is 9.97. The van der Waals surface area contributed by atoms with Crippen LogP contribution in [0.2, 0.25) is 5.02 Å². The molecule has 1 aromatic rings. The molecule has 2 rings (SSSR count). The number of thiol groups is 1. The minimum absolute atomic E-state index is 0.0984. The number of amides is 1. The van der Waals surface area contributed by atoms with Crippen molar-refractivity contribution in [1.82, 2.24) is 4.90 Å². The normalized spacial score (nSPS) is 18.1. The van der Waals surface area contributed by atoms with Gasteiger partial charge >= 0.3 is 5.97 Å². The first-order valence-electron chi connectivity index (χ1n) is 6.74. The van der Waals surface area contributed by atoms with Crippen molar-refractivity contribution in [3.63, 3.8) is 0 Å². The maximum Gasteiger partial charge on any atom is 0.308 e. The van der Waals surface area contributed by atoms with Gasteiger partial charge in [-0.15, -0.1) is 12.6 Å². The van der Waals surface area contributed by atoms with Gasteiger partial charge in [0.1, 0.15) is 5.75 Å². The zero-order chi connectivity index (χ0) is 16.4. The smallest absolute Gasteiger partial charge is 0.308 e. The van der Waals surface area contributed by atoms with Crippen LogP contribution < -0.4 is 0 Å². The molecule has 1 fully saturated rings. The third-order valence-electron chi connectivity index (χ3n) is 3.71. The van der Waals surface area contributed by atoms with Crippen molar-refractivity contribution < 1.29 is 19.8 Å². The number of carbonyl (C=O) groups excluding carboxylic acids is 1. The van der Waals surface area contributed by atoms with Gasteiger partial charge < -0.3 is 15.1 Å². The Morgan fingerprint density at radius 3 is 2.73 bits per heavy atom. The first-order chi connectivity index (χ1) is 10.3. The Morgan fingerprint density at radius 2 is 2.09 bits per heavy atom. The fourth-order valence-corrected chi connectivity index (χ4v) is 3.00. The number of phenolic OH excluding ortho intramolecular Hbond substituents is 1. The second kappa shape index (κ2) is 6.62. The van der Waals surface area contributed by atoms with Crippen LogP contribution in [0.5, 0.6) is 5.75 Å². The first-order valence-corrected chi connectivity index (χ1v) is 7.56. The molecule has 1 heterocycles. The summed E-state index contributed by atoms with van der Waals surface area (Å²) >= 11 is 10.1. The summed E-state index contributed by atoms with van der Waals surface area (Å²) in [5.74, 6) is -1.94. The molecule has 0 spiro atoms. The number of aromatic hydroxyl groups is 1. The van der Waals surface area contributed by atoms with Crippen LogP contribution in [0, 0.1) is 5.92 Å². The van der Waals surface area contributed by atoms with Crippen molar-refractivity contribution in [2.75, 3.05) is 13.1 Å². The summed E-state index contributed by atoms with van der Waals surface area (Å²) in [6.45, 7) is 4.38. The summed E-state index contributed by atoms with van der Waals surface area (Å²) < 4.78 is 0. The minimum atomic E-state index is -0.904. The number of carboxylic acid groups (broad SMARTS) is 1. The van der Waals surface area contributed by atoms with Crippen LogP contribution in [0.1, 0.15) is 18.4 Å². The third kappa shape index (κ3) is 3.39. The van der Waals surface area contributed by atoms with Crippen LogP contribution in [0.25, 0.3) is 5.57 Å². The molecule has 0 aliphatic carbocycles. The molecular formula is C15H16ClNO4S. The molecule has 0 saturated carbocycles. The van der Waals surface area contributed by atoms with Gasteiger partial charge in [0.2, 0.25) is 0 Å². The Hall–Kier alpha value is -1.66. The summed E-state index contributed by atoms with van der Waals surface area (Å²) in [4.78, 5) is 25.3. The summed E-state index contributed by atoms with van der Waals surface area (Å²) in [6, 6.07) is 2.77. The fraction of sp³-hybridized carbons (Fsp3) is 0.333. The van der Waals surface area contributed by atoms with Crippen molar-refractivity contribution in [2.24, 2.45) is 5.92 Å². The molecule has 2 N–H and O–H groups in total. The number of piperidine rings is 1. The highest BCUT2D eigenvalue weighted by Crippen LogP contribution is 2.33. The lowest BCUT2D eigenvalue weighted by molar-refractivity contribution is -0.144. The van der Waals surface area contributed by atoms with Gasteiger partial charge in [0.15, 0.2) is 0 Å². The average Bonchev–Trinajstić information content (AvgIpc) is 2.49. The summed E-state index contributed by atoms with van der Waals surface area (Å²) in [5.41, 5.74) is 0.444. The molecule has 5 nitrogen and oxygen atoms in total. The number of hydrogen-bond acceptors (Lipinski definition) is 4. The predicted octanol–water partition coefficient (Wildman–Crippen LogP) is 2.67. The third-order valence-corrected chi connectivity index (χ3v) is 4.38. The molecular weight excluding hydrogens is 326 g/mol. The molecule has 0 aromatic heterocycles. The van der Waals surface area contributed by atoms with Crippen LogP contribution >= 0.6 is 24.2 Å². The van der Waals surface area contributed by atoms with Crippen LogP contribution in [0.4, 0.5) is 0 Å². The predicted molar refractivity (Wildman–Crippen MR) is 86.3 cm³/mol. The van der Waals surface area contributed by atoms with E-state index >= 15 is 0 Å². The van der Waals surface area contributed by atoms with Crippen LogP contribution in [-0.4, -0.2) is 40.1 Å². The highest BCUT2D eigenvalue weighted by Gasteiger charge is 2.29. The topological polar surface area (TPSA) is 77.8 Å². The van der Waals surface area contributed by atoms with Crippen molar-refractivity contribution in [1.29, 1.82) is 0 Å². The molecule has 118 valence electrons. The lowest BCUT2D eigenvalue weighted by Gasteiger charge is -2.31. The van der Waals surface area contributed by atoms with Crippen molar-refractivity contribution >= 4 is 41.7 Å². The summed E-state index contributed by atoms with van der Waals surface area (Å²) in [7, 11) is 0. The van der Waals surface area contributed by atoms with Gasteiger partial charge in [-0.3, -0.25) is 9.59 Å². The highest BCUT2D eigenvalue weighted by molar-refractivity contribution is 7.80. The number of hydrogen-bond donors (Lipinski definition) is 3. The maximum atomic E-state index is 12.5. The number of rotatable bonds is 3. The monoisotopic (exact) mass is 341 g/mol. The van der Waals surface area contributed by atoms with Crippen molar-refractivity contribution in [3.05, 3.63) is 29.3 Å². The summed E-state index contributed by atoms with van der Waals surface area (Å²) in [6.07, 6.45) is 1.19. The van der Waals surface area contributed by atoms with Crippen molar-refractivity contribution in [2.45, 2.75) is 17.7 Å². The second-order valence-corrected chi connectivity index (χ2v) is 6.12. The molecule has 1 atom stereocenters. The molecule has 0 bridgehead atoms. The number of phenols is 1. The van der Waals surface area contributed by atoms with Crippen LogP contribution in [0.15, 0.2) is 23.6 Å². The van der Waals surface area contributed by atoms with Gasteiger partial charge in [-0.1, -0.05) is 18.2 Å². The lowest BCUT2D eigenvalue weighted by Crippen LogP contribution is -2.42. The Balaban J connectivity index is 2.20. The molecule has 0 radical (unpaired) electrons.